The van der Waals surface area contributed by atoms with Gasteiger partial charge in [0.1, 0.15) is 11.5 Å². The number of fused-ring (bicyclic) bond motifs is 4. The van der Waals surface area contributed by atoms with Gasteiger partial charge in [0.05, 0.1) is 27.6 Å². The summed E-state index contributed by atoms with van der Waals surface area (Å²) in [6.45, 7) is 6.53. The van der Waals surface area contributed by atoms with Gasteiger partial charge in [0, 0.05) is 49.8 Å². The Hall–Kier alpha value is -6.71. The fourth-order valence-corrected chi connectivity index (χ4v) is 7.78. The van der Waals surface area contributed by atoms with Crippen LogP contribution in [0, 0.1) is 25.8 Å². The van der Waals surface area contributed by atoms with Crippen LogP contribution in [0.1, 0.15) is 83.0 Å². The summed E-state index contributed by atoms with van der Waals surface area (Å²) in [7, 11) is 0. The van der Waals surface area contributed by atoms with Crippen molar-refractivity contribution in [3.63, 3.8) is 0 Å². The number of aromatic nitrogens is 3. The smallest absolute Gasteiger partial charge is 0.509 e. The van der Waals surface area contributed by atoms with E-state index in [0.717, 1.165) is 27.5 Å². The van der Waals surface area contributed by atoms with Crippen LogP contribution in [0.15, 0.2) is 152 Å². The number of benzene rings is 6. The second kappa shape index (κ2) is 16.4. The average Bonchev–Trinajstić information content (AvgIpc) is 3.90. The fraction of sp³-hybridized carbons (Fsp3) is 0.175. The first-order valence-electron chi connectivity index (χ1n) is 27.4. The number of hydrogen-bond donors (Lipinski definition) is 0. The van der Waals surface area contributed by atoms with E-state index in [0.29, 0.717) is 39.9 Å². The summed E-state index contributed by atoms with van der Waals surface area (Å²) in [5, 5.41) is 0.837. The van der Waals surface area contributed by atoms with Crippen LogP contribution in [0.2, 0.25) is 0 Å². The molecule has 0 aliphatic carbocycles. The van der Waals surface area contributed by atoms with E-state index in [1.54, 1.807) is 35.2 Å². The van der Waals surface area contributed by atoms with E-state index < -0.39 is 78.6 Å². The van der Waals surface area contributed by atoms with Gasteiger partial charge < -0.3 is 9.30 Å². The molecule has 0 saturated heterocycles. The normalized spacial score (nSPS) is 16.0. The molecule has 316 valence electrons. The summed E-state index contributed by atoms with van der Waals surface area (Å²) >= 11 is 0. The molecule has 0 bridgehead atoms. The quantitative estimate of drug-likeness (QED) is 0.118. The fourth-order valence-electron chi connectivity index (χ4n) is 7.78. The third-order valence-corrected chi connectivity index (χ3v) is 11.0. The van der Waals surface area contributed by atoms with Gasteiger partial charge >= 0.3 is 27.1 Å². The molecular formula is C57H49N5OPt+2. The summed E-state index contributed by atoms with van der Waals surface area (Å²) < 4.78 is 133. The maximum absolute atomic E-state index is 9.24. The zero-order valence-corrected chi connectivity index (χ0v) is 38.0. The van der Waals surface area contributed by atoms with Crippen LogP contribution in [0.4, 0.5) is 22.7 Å². The molecule has 0 spiro atoms. The monoisotopic (exact) mass is 1030 g/mol. The minimum Gasteiger partial charge on any atom is -0.509 e. The first-order chi connectivity index (χ1) is 36.1. The van der Waals surface area contributed by atoms with Crippen molar-refractivity contribution in [1.82, 2.24) is 23.7 Å². The van der Waals surface area contributed by atoms with Crippen LogP contribution < -0.4 is 13.9 Å². The van der Waals surface area contributed by atoms with E-state index in [-0.39, 0.29) is 54.4 Å². The van der Waals surface area contributed by atoms with Crippen molar-refractivity contribution in [3.05, 3.63) is 186 Å². The summed E-state index contributed by atoms with van der Waals surface area (Å²) in [5.74, 6) is 1.36. The molecule has 64 heavy (non-hydrogen) atoms. The van der Waals surface area contributed by atoms with Crippen molar-refractivity contribution < 1.29 is 45.0 Å². The number of hydrogen-bond acceptors (Lipinski definition) is 3. The molecule has 0 radical (unpaired) electrons. The number of nitrogens with zero attached hydrogens (tertiary/aromatic N) is 5. The van der Waals surface area contributed by atoms with E-state index in [2.05, 4.69) is 45.0 Å². The Balaban J connectivity index is 0.00000740. The number of ether oxygens (including phenoxy) is 1. The third-order valence-electron chi connectivity index (χ3n) is 11.0. The molecule has 0 atom stereocenters. The van der Waals surface area contributed by atoms with Gasteiger partial charge in [0.15, 0.2) is 0 Å². The summed E-state index contributed by atoms with van der Waals surface area (Å²) in [5.41, 5.74) is 2.72. The average molecular weight is 1030 g/mol. The molecule has 9 aromatic rings. The number of pyridine rings is 2. The zero-order chi connectivity index (χ0) is 55.6. The SMILES string of the molecule is [2H]c1c([2H])c(C([2H])([2H])[2H])c([2H])c([2H])c1-c1cccc(-c2c([2H])c([2H])c(C([2H])([2H])[2H])c([2H])c2[2H])c1[N+]1=C=[N+](c2[c-]c(Oc3[c-]c4c(cc3)c3ncccc3n4-c3cc(C(C)(C)C)ccn3)cc(C(C)(C)C)c2)c2ccccc21.[Pt+2]. The van der Waals surface area contributed by atoms with Gasteiger partial charge in [-0.05, 0) is 82.2 Å². The summed E-state index contributed by atoms with van der Waals surface area (Å²) in [4.78, 5) is 9.53. The van der Waals surface area contributed by atoms with Gasteiger partial charge in [-0.1, -0.05) is 147 Å². The molecule has 7 heteroatoms. The summed E-state index contributed by atoms with van der Waals surface area (Å²) in [6, 6.07) is 31.4. The van der Waals surface area contributed by atoms with Crippen LogP contribution in [0.25, 0.3) is 50.0 Å². The van der Waals surface area contributed by atoms with Crippen molar-refractivity contribution in [2.75, 3.05) is 0 Å². The predicted molar refractivity (Wildman–Crippen MR) is 259 cm³/mol. The molecule has 4 heterocycles. The van der Waals surface area contributed by atoms with Crippen LogP contribution >= 0.6 is 0 Å². The standard InChI is InChI=1S/C57H49N5O.Pt/c1-37-18-22-39(23-19-37)46-13-11-14-47(40-24-20-38(2)21-25-40)55(46)61-36-60(49-15-9-10-16-50(49)61)43-31-42(57(6,7)8)32-45(34-43)63-44-26-27-48-52(35-44)62(51-17-12-29-59-54(48)51)53-33-41(28-30-58-53)56(3,4)5;/h9-33H,1-8H3;/q;+2/i1D3,2D3,18D,19D,20D,21D,22D,23D,24D,25D;. The van der Waals surface area contributed by atoms with Gasteiger partial charge in [-0.15, -0.1) is 23.8 Å². The van der Waals surface area contributed by atoms with Crippen LogP contribution in [-0.2, 0) is 31.9 Å². The Morgan fingerprint density at radius 1 is 0.641 bits per heavy atom. The maximum Gasteiger partial charge on any atom is 2.00 e. The Morgan fingerprint density at radius 3 is 1.94 bits per heavy atom. The van der Waals surface area contributed by atoms with Crippen LogP contribution in [0.5, 0.6) is 11.5 Å². The van der Waals surface area contributed by atoms with Crippen molar-refractivity contribution in [1.29, 1.82) is 0 Å². The largest absolute Gasteiger partial charge is 2.00 e. The second-order valence-corrected chi connectivity index (χ2v) is 17.4. The molecule has 3 aromatic heterocycles. The molecule has 0 N–H and O–H groups in total. The maximum atomic E-state index is 9.24. The first kappa shape index (κ1) is 28.9. The molecule has 6 nitrogen and oxygen atoms in total. The van der Waals surface area contributed by atoms with Gasteiger partial charge in [0.25, 0.3) is 11.4 Å². The van der Waals surface area contributed by atoms with Crippen molar-refractivity contribution >= 4 is 50.7 Å². The van der Waals surface area contributed by atoms with Gasteiger partial charge in [-0.2, -0.15) is 6.07 Å². The van der Waals surface area contributed by atoms with Crippen LogP contribution in [-0.4, -0.2) is 20.5 Å². The van der Waals surface area contributed by atoms with Gasteiger partial charge in [-0.25, -0.2) is 4.98 Å². The Labute approximate surface area is 409 Å². The predicted octanol–water partition coefficient (Wildman–Crippen LogP) is 14.4. The molecule has 1 aliphatic heterocycles. The molecule has 0 unspecified atom stereocenters. The van der Waals surface area contributed by atoms with Gasteiger partial charge in [0.2, 0.25) is 5.69 Å². The third kappa shape index (κ3) is 7.83. The van der Waals surface area contributed by atoms with Gasteiger partial charge in [-0.3, -0.25) is 4.98 Å². The molecule has 6 aromatic carbocycles. The van der Waals surface area contributed by atoms with Crippen molar-refractivity contribution in [2.45, 2.75) is 66.1 Å². The van der Waals surface area contributed by atoms with E-state index in [1.807, 2.05) is 73.9 Å². The number of para-hydroxylation sites is 3. The van der Waals surface area contributed by atoms with Crippen molar-refractivity contribution in [2.24, 2.45) is 0 Å². The Bertz CT molecular complexity index is 3890. The van der Waals surface area contributed by atoms with Crippen molar-refractivity contribution in [3.8, 4) is 39.6 Å². The molecule has 0 fully saturated rings. The first-order valence-corrected chi connectivity index (χ1v) is 20.4. The molecule has 1 aliphatic rings. The van der Waals surface area contributed by atoms with E-state index in [1.165, 1.54) is 22.8 Å². The summed E-state index contributed by atoms with van der Waals surface area (Å²) in [6.07, 6.45) is 3.54. The topological polar surface area (TPSA) is 46.0 Å². The second-order valence-electron chi connectivity index (χ2n) is 17.4. The van der Waals surface area contributed by atoms with E-state index in [9.17, 15) is 5.48 Å². The van der Waals surface area contributed by atoms with E-state index >= 15 is 0 Å². The molecular weight excluding hydrogens is 966 g/mol. The van der Waals surface area contributed by atoms with E-state index in [4.69, 9.17) is 28.4 Å². The minimum atomic E-state index is -3.02. The zero-order valence-electron chi connectivity index (χ0n) is 49.8. The van der Waals surface area contributed by atoms with Crippen LogP contribution in [0.3, 0.4) is 0 Å². The number of rotatable bonds is 7. The molecule has 10 rings (SSSR count). The Kier molecular flexibility index (Phi) is 7.42. The molecule has 0 amide bonds. The minimum absolute atomic E-state index is 0. The molecule has 0 saturated carbocycles. The Morgan fingerprint density at radius 2 is 1.30 bits per heavy atom.